The molecule has 234 valence electrons. The average molecular weight is 597 g/mol. The van der Waals surface area contributed by atoms with Crippen molar-refractivity contribution < 1.29 is 33.7 Å². The molecule has 43 heavy (non-hydrogen) atoms. The molecule has 3 amide bonds. The van der Waals surface area contributed by atoms with Crippen LogP contribution in [0.15, 0.2) is 60.7 Å². The Bertz CT molecular complexity index is 1190. The third-order valence-corrected chi connectivity index (χ3v) is 7.40. The average Bonchev–Trinajstić information content (AvgIpc) is 3.49. The van der Waals surface area contributed by atoms with Crippen LogP contribution in [0.3, 0.4) is 0 Å². The van der Waals surface area contributed by atoms with E-state index in [1.165, 1.54) is 4.90 Å². The normalized spacial score (nSPS) is 20.6. The molecular weight excluding hydrogens is 552 g/mol. The summed E-state index contributed by atoms with van der Waals surface area (Å²) < 4.78 is 16.3. The molecule has 4 rings (SSSR count). The van der Waals surface area contributed by atoms with Crippen molar-refractivity contribution in [2.75, 3.05) is 39.4 Å². The Hall–Kier alpha value is -3.67. The van der Waals surface area contributed by atoms with Crippen molar-refractivity contribution in [2.24, 2.45) is 0 Å². The lowest BCUT2D eigenvalue weighted by Crippen LogP contribution is -2.64. The number of carbonyl (C=O) groups is 3. The minimum Gasteiger partial charge on any atom is -0.445 e. The summed E-state index contributed by atoms with van der Waals surface area (Å²) in [6.45, 7) is 7.54. The number of aliphatic hydroxyl groups excluding tert-OH is 1. The number of piperazine rings is 1. The highest BCUT2D eigenvalue weighted by atomic mass is 16.6. The lowest BCUT2D eigenvalue weighted by molar-refractivity contribution is -0.130. The number of ether oxygens (including phenoxy) is 3. The van der Waals surface area contributed by atoms with Crippen LogP contribution >= 0.6 is 0 Å². The minimum absolute atomic E-state index is 0.0967. The van der Waals surface area contributed by atoms with Gasteiger partial charge in [0.1, 0.15) is 18.8 Å². The van der Waals surface area contributed by atoms with Crippen molar-refractivity contribution in [3.05, 3.63) is 71.8 Å². The van der Waals surface area contributed by atoms with Crippen LogP contribution in [0.25, 0.3) is 0 Å². The van der Waals surface area contributed by atoms with Gasteiger partial charge in [0, 0.05) is 38.1 Å². The molecule has 1 unspecified atom stereocenters. The van der Waals surface area contributed by atoms with Crippen molar-refractivity contribution in [2.45, 2.75) is 70.1 Å². The Balaban J connectivity index is 1.44. The standard InChI is InChI=1S/C32H44N4O7/c1-32(2,3)34-29(38)27-19-36(31(40)42-21-24-12-8-5-9-13-24)16-15-35(27)20-28(37)26(18-23-10-6-4-7-11-23)33-30(39)43-25-14-17-41-22-25/h4-13,25-28,37H,14-22H2,1-3H3,(H,33,39)(H,34,38)/t25?,26-,27-,28+/m0/s1. The largest absolute Gasteiger partial charge is 0.445 e. The monoisotopic (exact) mass is 596 g/mol. The van der Waals surface area contributed by atoms with Crippen LogP contribution < -0.4 is 10.6 Å². The number of aliphatic hydroxyl groups is 1. The van der Waals surface area contributed by atoms with E-state index in [0.717, 1.165) is 11.1 Å². The summed E-state index contributed by atoms with van der Waals surface area (Å²) in [4.78, 5) is 42.6. The fourth-order valence-electron chi connectivity index (χ4n) is 5.18. The van der Waals surface area contributed by atoms with Crippen molar-refractivity contribution in [3.63, 3.8) is 0 Å². The molecule has 0 aliphatic carbocycles. The van der Waals surface area contributed by atoms with Crippen molar-refractivity contribution >= 4 is 18.1 Å². The second-order valence-corrected chi connectivity index (χ2v) is 12.1. The Kier molecular flexibility index (Phi) is 11.4. The molecule has 3 N–H and O–H groups in total. The number of β-amino-alcohol motifs (C(OH)–C–C–N with tert-alkyl or cyclic N) is 1. The molecule has 11 nitrogen and oxygen atoms in total. The zero-order valence-corrected chi connectivity index (χ0v) is 25.2. The number of nitrogens with one attached hydrogen (secondary N) is 2. The third-order valence-electron chi connectivity index (χ3n) is 7.40. The zero-order chi connectivity index (χ0) is 30.8. The highest BCUT2D eigenvalue weighted by Gasteiger charge is 2.38. The van der Waals surface area contributed by atoms with Crippen LogP contribution in [0, 0.1) is 0 Å². The summed E-state index contributed by atoms with van der Waals surface area (Å²) in [5, 5.41) is 17.3. The number of amides is 3. The predicted octanol–water partition coefficient (Wildman–Crippen LogP) is 2.71. The maximum Gasteiger partial charge on any atom is 0.410 e. The van der Waals surface area contributed by atoms with Gasteiger partial charge in [0.05, 0.1) is 25.4 Å². The lowest BCUT2D eigenvalue weighted by Gasteiger charge is -2.42. The molecule has 2 aliphatic rings. The molecule has 2 heterocycles. The van der Waals surface area contributed by atoms with Crippen molar-refractivity contribution in [3.8, 4) is 0 Å². The number of hydrogen-bond acceptors (Lipinski definition) is 8. The van der Waals surface area contributed by atoms with Gasteiger partial charge in [-0.05, 0) is 38.3 Å². The fourth-order valence-corrected chi connectivity index (χ4v) is 5.18. The van der Waals surface area contributed by atoms with Crippen LogP contribution in [-0.4, -0.2) is 102 Å². The first kappa shape index (κ1) is 32.2. The number of alkyl carbamates (subject to hydrolysis) is 1. The van der Waals surface area contributed by atoms with Gasteiger partial charge in [0.2, 0.25) is 5.91 Å². The van der Waals surface area contributed by atoms with E-state index >= 15 is 0 Å². The number of nitrogens with zero attached hydrogens (tertiary/aromatic N) is 2. The van der Waals surface area contributed by atoms with E-state index in [1.807, 2.05) is 86.3 Å². The first-order valence-electron chi connectivity index (χ1n) is 14.9. The molecule has 0 spiro atoms. The van der Waals surface area contributed by atoms with Crippen LogP contribution in [0.4, 0.5) is 9.59 Å². The molecule has 4 atom stereocenters. The quantitative estimate of drug-likeness (QED) is 0.382. The summed E-state index contributed by atoms with van der Waals surface area (Å²) >= 11 is 0. The Morgan fingerprint density at radius 1 is 1.02 bits per heavy atom. The van der Waals surface area contributed by atoms with E-state index in [0.29, 0.717) is 39.1 Å². The van der Waals surface area contributed by atoms with Gasteiger partial charge in [0.25, 0.3) is 0 Å². The van der Waals surface area contributed by atoms with Gasteiger partial charge in [-0.1, -0.05) is 60.7 Å². The third kappa shape index (κ3) is 10.2. The van der Waals surface area contributed by atoms with Crippen LogP contribution in [0.2, 0.25) is 0 Å². The van der Waals surface area contributed by atoms with Gasteiger partial charge in [-0.25, -0.2) is 9.59 Å². The molecule has 2 aliphatic heterocycles. The minimum atomic E-state index is -1.03. The van der Waals surface area contributed by atoms with Gasteiger partial charge in [-0.15, -0.1) is 0 Å². The van der Waals surface area contributed by atoms with Crippen molar-refractivity contribution in [1.29, 1.82) is 0 Å². The highest BCUT2D eigenvalue weighted by Crippen LogP contribution is 2.17. The van der Waals surface area contributed by atoms with E-state index in [2.05, 4.69) is 10.6 Å². The number of rotatable bonds is 10. The second kappa shape index (κ2) is 15.2. The van der Waals surface area contributed by atoms with Gasteiger partial charge in [-0.3, -0.25) is 9.69 Å². The summed E-state index contributed by atoms with van der Waals surface area (Å²) in [5.74, 6) is -0.256. The SMILES string of the molecule is CC(C)(C)NC(=O)[C@@H]1CN(C(=O)OCc2ccccc2)CCN1C[C@@H](O)[C@H](Cc1ccccc1)NC(=O)OC1CCOC1. The number of benzene rings is 2. The first-order chi connectivity index (χ1) is 20.6. The van der Waals surface area contributed by atoms with Gasteiger partial charge in [-0.2, -0.15) is 0 Å². The molecule has 2 saturated heterocycles. The molecule has 2 fully saturated rings. The molecule has 0 aromatic heterocycles. The Labute approximate surface area is 253 Å². The molecular formula is C32H44N4O7. The Morgan fingerprint density at radius 3 is 2.33 bits per heavy atom. The van der Waals surface area contributed by atoms with E-state index in [9.17, 15) is 19.5 Å². The van der Waals surface area contributed by atoms with Crippen molar-refractivity contribution in [1.82, 2.24) is 20.4 Å². The van der Waals surface area contributed by atoms with Crippen LogP contribution in [0.1, 0.15) is 38.3 Å². The predicted molar refractivity (Wildman–Crippen MR) is 160 cm³/mol. The van der Waals surface area contributed by atoms with Gasteiger partial charge < -0.3 is 34.9 Å². The second-order valence-electron chi connectivity index (χ2n) is 12.1. The fraction of sp³-hybridized carbons (Fsp3) is 0.531. The van der Waals surface area contributed by atoms with Gasteiger partial charge >= 0.3 is 12.2 Å². The smallest absolute Gasteiger partial charge is 0.410 e. The van der Waals surface area contributed by atoms with Crippen LogP contribution in [0.5, 0.6) is 0 Å². The maximum absolute atomic E-state index is 13.5. The zero-order valence-electron chi connectivity index (χ0n) is 25.2. The summed E-state index contributed by atoms with van der Waals surface area (Å²) in [6, 6.07) is 17.5. The highest BCUT2D eigenvalue weighted by molar-refractivity contribution is 5.83. The molecule has 2 aromatic rings. The van der Waals surface area contributed by atoms with E-state index in [1.54, 1.807) is 0 Å². The molecule has 2 aromatic carbocycles. The lowest BCUT2D eigenvalue weighted by atomic mass is 9.99. The van der Waals surface area contributed by atoms with E-state index in [-0.39, 0.29) is 31.7 Å². The number of carbonyl (C=O) groups excluding carboxylic acids is 3. The topological polar surface area (TPSA) is 130 Å². The molecule has 0 bridgehead atoms. The molecule has 0 radical (unpaired) electrons. The Morgan fingerprint density at radius 2 is 1.70 bits per heavy atom. The van der Waals surface area contributed by atoms with E-state index < -0.39 is 35.9 Å². The van der Waals surface area contributed by atoms with Crippen LogP contribution in [-0.2, 0) is 32.0 Å². The first-order valence-corrected chi connectivity index (χ1v) is 14.9. The summed E-state index contributed by atoms with van der Waals surface area (Å²) in [5.41, 5.74) is 1.31. The molecule has 11 heteroatoms. The summed E-state index contributed by atoms with van der Waals surface area (Å²) in [6.07, 6.45) is -1.49. The summed E-state index contributed by atoms with van der Waals surface area (Å²) in [7, 11) is 0. The van der Waals surface area contributed by atoms with Gasteiger partial charge in [0.15, 0.2) is 0 Å². The number of hydrogen-bond donors (Lipinski definition) is 3. The maximum atomic E-state index is 13.5. The molecule has 0 saturated carbocycles. The van der Waals surface area contributed by atoms with E-state index in [4.69, 9.17) is 14.2 Å².